The standard InChI is InChI=1S/C25H32N2O2S/c28-25(13-12-20-6-5-10-23(18-20)29-22-8-2-3-9-22)26-24-11-4-1-7-21(24)19-27-14-16-30-17-15-27/h1,4-7,10-11,18,22H,2-3,8-9,12-17,19H2,(H,26,28). The Hall–Kier alpha value is -1.98. The maximum atomic E-state index is 12.6. The first kappa shape index (κ1) is 21.3. The van der Waals surface area contributed by atoms with E-state index in [2.05, 4.69) is 34.5 Å². The molecule has 0 radical (unpaired) electrons. The Labute approximate surface area is 184 Å². The van der Waals surface area contributed by atoms with E-state index in [1.165, 1.54) is 29.9 Å². The van der Waals surface area contributed by atoms with E-state index in [1.54, 1.807) is 0 Å². The molecule has 1 aliphatic heterocycles. The highest BCUT2D eigenvalue weighted by Crippen LogP contribution is 2.25. The van der Waals surface area contributed by atoms with Crippen LogP contribution < -0.4 is 10.1 Å². The second-order valence-electron chi connectivity index (χ2n) is 8.27. The summed E-state index contributed by atoms with van der Waals surface area (Å²) in [5.74, 6) is 3.39. The summed E-state index contributed by atoms with van der Waals surface area (Å²) in [4.78, 5) is 15.1. The average molecular weight is 425 g/mol. The second kappa shape index (κ2) is 10.9. The van der Waals surface area contributed by atoms with Crippen LogP contribution in [0.3, 0.4) is 0 Å². The van der Waals surface area contributed by atoms with Crippen molar-refractivity contribution in [2.24, 2.45) is 0 Å². The Morgan fingerprint density at radius 2 is 1.87 bits per heavy atom. The smallest absolute Gasteiger partial charge is 0.224 e. The van der Waals surface area contributed by atoms with Gasteiger partial charge in [0.05, 0.1) is 6.10 Å². The number of ether oxygens (including phenoxy) is 1. The summed E-state index contributed by atoms with van der Waals surface area (Å²) < 4.78 is 6.10. The van der Waals surface area contributed by atoms with Gasteiger partial charge in [0.15, 0.2) is 0 Å². The summed E-state index contributed by atoms with van der Waals surface area (Å²) in [6, 6.07) is 16.4. The number of rotatable bonds is 8. The third-order valence-corrected chi connectivity index (χ3v) is 6.88. The SMILES string of the molecule is O=C(CCc1cccc(OC2CCCC2)c1)Nc1ccccc1CN1CCSCC1. The van der Waals surface area contributed by atoms with Gasteiger partial charge in [0.2, 0.25) is 5.91 Å². The molecule has 1 saturated carbocycles. The molecule has 0 atom stereocenters. The van der Waals surface area contributed by atoms with E-state index in [0.29, 0.717) is 12.5 Å². The number of benzene rings is 2. The highest BCUT2D eigenvalue weighted by Gasteiger charge is 2.17. The molecule has 0 bridgehead atoms. The van der Waals surface area contributed by atoms with Gasteiger partial charge in [-0.05, 0) is 61.4 Å². The summed E-state index contributed by atoms with van der Waals surface area (Å²) in [5.41, 5.74) is 3.29. The van der Waals surface area contributed by atoms with Crippen LogP contribution in [-0.2, 0) is 17.8 Å². The van der Waals surface area contributed by atoms with Crippen LogP contribution in [0.15, 0.2) is 48.5 Å². The number of hydrogen-bond acceptors (Lipinski definition) is 4. The zero-order valence-corrected chi connectivity index (χ0v) is 18.5. The normalized spacial score (nSPS) is 17.7. The third-order valence-electron chi connectivity index (χ3n) is 5.93. The third kappa shape index (κ3) is 6.26. The number of carbonyl (C=O) groups excluding carboxylic acids is 1. The molecular formula is C25H32N2O2S. The predicted octanol–water partition coefficient (Wildman–Crippen LogP) is 5.13. The Morgan fingerprint density at radius 1 is 1.07 bits per heavy atom. The molecule has 2 aromatic rings. The molecule has 1 saturated heterocycles. The van der Waals surface area contributed by atoms with Crippen LogP contribution in [0.1, 0.15) is 43.2 Å². The lowest BCUT2D eigenvalue weighted by molar-refractivity contribution is -0.116. The van der Waals surface area contributed by atoms with Crippen LogP contribution in [-0.4, -0.2) is 41.5 Å². The highest BCUT2D eigenvalue weighted by atomic mass is 32.2. The second-order valence-corrected chi connectivity index (χ2v) is 9.49. The number of para-hydroxylation sites is 1. The molecule has 2 fully saturated rings. The van der Waals surface area contributed by atoms with Crippen molar-refractivity contribution in [3.8, 4) is 5.75 Å². The summed E-state index contributed by atoms with van der Waals surface area (Å²) in [6.07, 6.45) is 6.40. The minimum Gasteiger partial charge on any atom is -0.490 e. The van der Waals surface area contributed by atoms with Crippen LogP contribution in [0.25, 0.3) is 0 Å². The molecule has 5 heteroatoms. The fourth-order valence-electron chi connectivity index (χ4n) is 4.22. The van der Waals surface area contributed by atoms with Gasteiger partial charge in [-0.3, -0.25) is 9.69 Å². The van der Waals surface area contributed by atoms with E-state index in [1.807, 2.05) is 36.0 Å². The summed E-state index contributed by atoms with van der Waals surface area (Å²) in [7, 11) is 0. The molecule has 160 valence electrons. The van der Waals surface area contributed by atoms with Crippen molar-refractivity contribution < 1.29 is 9.53 Å². The Bertz CT molecular complexity index is 829. The zero-order chi connectivity index (χ0) is 20.6. The Balaban J connectivity index is 1.30. The number of anilines is 1. The van der Waals surface area contributed by atoms with Gasteiger partial charge in [-0.2, -0.15) is 11.8 Å². The van der Waals surface area contributed by atoms with Gasteiger partial charge in [-0.25, -0.2) is 0 Å². The molecular weight excluding hydrogens is 392 g/mol. The van der Waals surface area contributed by atoms with Gasteiger partial charge in [0, 0.05) is 43.2 Å². The fraction of sp³-hybridized carbons (Fsp3) is 0.480. The van der Waals surface area contributed by atoms with Crippen molar-refractivity contribution in [1.29, 1.82) is 0 Å². The number of nitrogens with one attached hydrogen (secondary N) is 1. The molecule has 1 amide bonds. The van der Waals surface area contributed by atoms with E-state index >= 15 is 0 Å². The lowest BCUT2D eigenvalue weighted by Crippen LogP contribution is -2.32. The van der Waals surface area contributed by atoms with E-state index in [4.69, 9.17) is 4.74 Å². The van der Waals surface area contributed by atoms with Crippen LogP contribution in [0.4, 0.5) is 5.69 Å². The predicted molar refractivity (Wildman–Crippen MR) is 125 cm³/mol. The van der Waals surface area contributed by atoms with Crippen LogP contribution >= 0.6 is 11.8 Å². The molecule has 0 spiro atoms. The van der Waals surface area contributed by atoms with Gasteiger partial charge in [-0.15, -0.1) is 0 Å². The topological polar surface area (TPSA) is 41.6 Å². The molecule has 30 heavy (non-hydrogen) atoms. The quantitative estimate of drug-likeness (QED) is 0.638. The lowest BCUT2D eigenvalue weighted by atomic mass is 10.1. The monoisotopic (exact) mass is 424 g/mol. The van der Waals surface area contributed by atoms with E-state index in [0.717, 1.165) is 55.9 Å². The van der Waals surface area contributed by atoms with Crippen molar-refractivity contribution in [3.05, 3.63) is 59.7 Å². The van der Waals surface area contributed by atoms with Crippen LogP contribution in [0, 0.1) is 0 Å². The maximum absolute atomic E-state index is 12.6. The molecule has 2 aromatic carbocycles. The van der Waals surface area contributed by atoms with Gasteiger partial charge >= 0.3 is 0 Å². The van der Waals surface area contributed by atoms with Crippen molar-refractivity contribution in [3.63, 3.8) is 0 Å². The van der Waals surface area contributed by atoms with Gasteiger partial charge in [-0.1, -0.05) is 30.3 Å². The minimum absolute atomic E-state index is 0.0683. The summed E-state index contributed by atoms with van der Waals surface area (Å²) >= 11 is 2.02. The number of thioether (sulfide) groups is 1. The van der Waals surface area contributed by atoms with Crippen molar-refractivity contribution >= 4 is 23.4 Å². The van der Waals surface area contributed by atoms with Crippen molar-refractivity contribution in [2.45, 2.75) is 51.2 Å². The van der Waals surface area contributed by atoms with E-state index < -0.39 is 0 Å². The number of hydrogen-bond donors (Lipinski definition) is 1. The molecule has 0 unspecified atom stereocenters. The van der Waals surface area contributed by atoms with Crippen molar-refractivity contribution in [2.75, 3.05) is 29.9 Å². The molecule has 4 rings (SSSR count). The number of amides is 1. The van der Waals surface area contributed by atoms with Gasteiger partial charge in [0.1, 0.15) is 5.75 Å². The summed E-state index contributed by atoms with van der Waals surface area (Å²) in [5, 5.41) is 3.14. The fourth-order valence-corrected chi connectivity index (χ4v) is 5.20. The molecule has 1 heterocycles. The van der Waals surface area contributed by atoms with Crippen LogP contribution in [0.5, 0.6) is 5.75 Å². The Morgan fingerprint density at radius 3 is 2.70 bits per heavy atom. The number of aryl methyl sites for hydroxylation is 1. The highest BCUT2D eigenvalue weighted by molar-refractivity contribution is 7.99. The maximum Gasteiger partial charge on any atom is 0.224 e. The first-order chi connectivity index (χ1) is 14.8. The van der Waals surface area contributed by atoms with E-state index in [-0.39, 0.29) is 5.91 Å². The lowest BCUT2D eigenvalue weighted by Gasteiger charge is -2.27. The first-order valence-corrected chi connectivity index (χ1v) is 12.4. The summed E-state index contributed by atoms with van der Waals surface area (Å²) in [6.45, 7) is 3.13. The first-order valence-electron chi connectivity index (χ1n) is 11.2. The number of nitrogens with zero attached hydrogens (tertiary/aromatic N) is 1. The molecule has 4 nitrogen and oxygen atoms in total. The molecule has 1 aliphatic carbocycles. The van der Waals surface area contributed by atoms with Crippen molar-refractivity contribution in [1.82, 2.24) is 4.90 Å². The van der Waals surface area contributed by atoms with Crippen LogP contribution in [0.2, 0.25) is 0 Å². The molecule has 0 aromatic heterocycles. The number of carbonyl (C=O) groups is 1. The minimum atomic E-state index is 0.0683. The molecule has 2 aliphatic rings. The molecule has 1 N–H and O–H groups in total. The zero-order valence-electron chi connectivity index (χ0n) is 17.6. The largest absolute Gasteiger partial charge is 0.490 e. The Kier molecular flexibility index (Phi) is 7.70. The average Bonchev–Trinajstić information content (AvgIpc) is 3.28. The van der Waals surface area contributed by atoms with E-state index in [9.17, 15) is 4.79 Å². The van der Waals surface area contributed by atoms with Gasteiger partial charge in [0.25, 0.3) is 0 Å². The van der Waals surface area contributed by atoms with Gasteiger partial charge < -0.3 is 10.1 Å².